The van der Waals surface area contributed by atoms with Crippen LogP contribution in [-0.4, -0.2) is 74.0 Å². The van der Waals surface area contributed by atoms with Crippen molar-refractivity contribution >= 4 is 46.6 Å². The van der Waals surface area contributed by atoms with Gasteiger partial charge in [-0.1, -0.05) is 0 Å². The van der Waals surface area contributed by atoms with Gasteiger partial charge in [-0.05, 0) is 30.4 Å². The number of nitrogens with zero attached hydrogens (tertiary/aromatic N) is 3. The number of cyclic esters (lactones) is 1. The summed E-state index contributed by atoms with van der Waals surface area (Å²) in [7, 11) is 3.68. The van der Waals surface area contributed by atoms with Crippen LogP contribution in [0.1, 0.15) is 0 Å². The van der Waals surface area contributed by atoms with Gasteiger partial charge < -0.3 is 19.9 Å². The van der Waals surface area contributed by atoms with E-state index in [2.05, 4.69) is 5.32 Å². The summed E-state index contributed by atoms with van der Waals surface area (Å²) in [5.41, 5.74) is 1.11. The molecule has 0 aliphatic carbocycles. The molecule has 1 N–H and O–H groups in total. The van der Waals surface area contributed by atoms with Crippen molar-refractivity contribution in [3.8, 4) is 0 Å². The number of halogens is 1. The first kappa shape index (κ1) is 19.0. The van der Waals surface area contributed by atoms with Crippen LogP contribution in [0.2, 0.25) is 0 Å². The summed E-state index contributed by atoms with van der Waals surface area (Å²) in [5, 5.41) is 3.63. The van der Waals surface area contributed by atoms with Crippen LogP contribution in [0.3, 0.4) is 0 Å². The van der Waals surface area contributed by atoms with Crippen LogP contribution in [0, 0.1) is 5.82 Å². The van der Waals surface area contributed by atoms with Crippen molar-refractivity contribution in [2.75, 3.05) is 61.6 Å². The Balaban J connectivity index is 1.64. The van der Waals surface area contributed by atoms with Crippen molar-refractivity contribution in [3.05, 3.63) is 24.0 Å². The molecule has 2 aliphatic rings. The van der Waals surface area contributed by atoms with Crippen LogP contribution in [-0.2, 0) is 4.74 Å². The second-order valence-electron chi connectivity index (χ2n) is 6.43. The zero-order chi connectivity index (χ0) is 18.7. The van der Waals surface area contributed by atoms with Gasteiger partial charge in [0.15, 0.2) is 5.11 Å². The molecule has 1 unspecified atom stereocenters. The van der Waals surface area contributed by atoms with Crippen LogP contribution < -0.4 is 15.1 Å². The van der Waals surface area contributed by atoms with Gasteiger partial charge in [0, 0.05) is 38.7 Å². The molecule has 2 aliphatic heterocycles. The van der Waals surface area contributed by atoms with Gasteiger partial charge in [0.25, 0.3) is 0 Å². The summed E-state index contributed by atoms with van der Waals surface area (Å²) in [5.74, 6) is 1.70. The van der Waals surface area contributed by atoms with Gasteiger partial charge in [-0.15, -0.1) is 0 Å². The number of anilines is 2. The smallest absolute Gasteiger partial charge is 0.414 e. The van der Waals surface area contributed by atoms with Gasteiger partial charge in [-0.3, -0.25) is 4.90 Å². The lowest BCUT2D eigenvalue weighted by molar-refractivity contribution is 0.142. The van der Waals surface area contributed by atoms with Gasteiger partial charge >= 0.3 is 6.09 Å². The van der Waals surface area contributed by atoms with Crippen LogP contribution in [0.15, 0.2) is 18.2 Å². The van der Waals surface area contributed by atoms with Gasteiger partial charge in [0.1, 0.15) is 11.9 Å². The summed E-state index contributed by atoms with van der Waals surface area (Å²) in [6.07, 6.45) is -0.795. The maximum atomic E-state index is 14.6. The molecule has 1 aromatic rings. The molecule has 9 heteroatoms. The second kappa shape index (κ2) is 8.30. The highest BCUT2D eigenvalue weighted by Gasteiger charge is 2.33. The Morgan fingerprint density at radius 3 is 2.81 bits per heavy atom. The van der Waals surface area contributed by atoms with Gasteiger partial charge in [0.05, 0.1) is 24.5 Å². The highest BCUT2D eigenvalue weighted by molar-refractivity contribution is 7.99. The number of hydrogen-bond acceptors (Lipinski definition) is 5. The molecule has 6 nitrogen and oxygen atoms in total. The minimum Gasteiger partial charge on any atom is -0.442 e. The third kappa shape index (κ3) is 4.32. The predicted molar refractivity (Wildman–Crippen MR) is 108 cm³/mol. The first-order valence-corrected chi connectivity index (χ1v) is 10.1. The number of carbonyl (C=O) groups is 1. The molecule has 1 amide bonds. The Morgan fingerprint density at radius 1 is 1.42 bits per heavy atom. The lowest BCUT2D eigenvalue weighted by atomic mass is 10.2. The van der Waals surface area contributed by atoms with E-state index in [0.717, 1.165) is 24.6 Å². The van der Waals surface area contributed by atoms with E-state index in [1.54, 1.807) is 17.0 Å². The normalized spacial score (nSPS) is 20.1. The molecule has 0 aromatic heterocycles. The molecule has 0 bridgehead atoms. The third-order valence-electron chi connectivity index (χ3n) is 4.36. The molecule has 2 heterocycles. The van der Waals surface area contributed by atoms with E-state index in [1.807, 2.05) is 30.8 Å². The molecular formula is C17H23FN4O2S2. The Kier molecular flexibility index (Phi) is 6.08. The van der Waals surface area contributed by atoms with Gasteiger partial charge in [-0.2, -0.15) is 11.8 Å². The molecule has 1 aromatic carbocycles. The van der Waals surface area contributed by atoms with E-state index in [-0.39, 0.29) is 11.9 Å². The number of nitrogens with one attached hydrogen (secondary N) is 1. The zero-order valence-corrected chi connectivity index (χ0v) is 16.5. The fraction of sp³-hybridized carbons (Fsp3) is 0.529. The summed E-state index contributed by atoms with van der Waals surface area (Å²) in [6.45, 7) is 2.46. The lowest BCUT2D eigenvalue weighted by Crippen LogP contribution is -2.40. The summed E-state index contributed by atoms with van der Waals surface area (Å²) < 4.78 is 19.9. The van der Waals surface area contributed by atoms with E-state index in [1.165, 1.54) is 11.0 Å². The van der Waals surface area contributed by atoms with Crippen molar-refractivity contribution < 1.29 is 13.9 Å². The molecule has 0 radical (unpaired) electrons. The van der Waals surface area contributed by atoms with Crippen molar-refractivity contribution in [2.45, 2.75) is 6.10 Å². The van der Waals surface area contributed by atoms with Crippen LogP contribution >= 0.6 is 24.0 Å². The standard InChI is InChI=1S/C17H23FN4O2S2/c1-20(2)16(25)19-10-13-11-22(17(23)24-13)12-3-4-15(14(18)9-12)21-5-7-26-8-6-21/h3-4,9,13H,5-8,10-11H2,1-2H3,(H,19,25). The Bertz CT molecular complexity index is 683. The third-order valence-corrected chi connectivity index (χ3v) is 5.81. The van der Waals surface area contributed by atoms with Crippen molar-refractivity contribution in [2.24, 2.45) is 0 Å². The van der Waals surface area contributed by atoms with E-state index < -0.39 is 6.09 Å². The molecule has 142 valence electrons. The topological polar surface area (TPSA) is 48.0 Å². The molecule has 3 rings (SSSR count). The number of rotatable bonds is 4. The van der Waals surface area contributed by atoms with Gasteiger partial charge in [-0.25, -0.2) is 9.18 Å². The minimum atomic E-state index is -0.464. The average Bonchev–Trinajstić information content (AvgIpc) is 3.01. The molecule has 26 heavy (non-hydrogen) atoms. The predicted octanol–water partition coefficient (Wildman–Crippen LogP) is 2.14. The van der Waals surface area contributed by atoms with Crippen molar-refractivity contribution in [3.63, 3.8) is 0 Å². The number of ether oxygens (including phenoxy) is 1. The van der Waals surface area contributed by atoms with Crippen LogP contribution in [0.4, 0.5) is 20.6 Å². The maximum Gasteiger partial charge on any atom is 0.414 e. The number of thioether (sulfide) groups is 1. The lowest BCUT2D eigenvalue weighted by Gasteiger charge is -2.29. The van der Waals surface area contributed by atoms with Crippen molar-refractivity contribution in [1.29, 1.82) is 0 Å². The van der Waals surface area contributed by atoms with Crippen molar-refractivity contribution in [1.82, 2.24) is 10.2 Å². The van der Waals surface area contributed by atoms with E-state index in [0.29, 0.717) is 29.6 Å². The van der Waals surface area contributed by atoms with Crippen LogP contribution in [0.25, 0.3) is 0 Å². The molecule has 0 saturated carbocycles. The van der Waals surface area contributed by atoms with E-state index >= 15 is 0 Å². The number of thiocarbonyl (C=S) groups is 1. The zero-order valence-electron chi connectivity index (χ0n) is 14.9. The number of carbonyl (C=O) groups excluding carboxylic acids is 1. The van der Waals surface area contributed by atoms with Crippen LogP contribution in [0.5, 0.6) is 0 Å². The average molecular weight is 399 g/mol. The first-order valence-electron chi connectivity index (χ1n) is 8.51. The minimum absolute atomic E-state index is 0.308. The summed E-state index contributed by atoms with van der Waals surface area (Å²) >= 11 is 7.04. The molecular weight excluding hydrogens is 375 g/mol. The first-order chi connectivity index (χ1) is 12.5. The maximum absolute atomic E-state index is 14.6. The Hall–Kier alpha value is -1.74. The quantitative estimate of drug-likeness (QED) is 0.780. The molecule has 1 atom stereocenters. The number of hydrogen-bond donors (Lipinski definition) is 1. The highest BCUT2D eigenvalue weighted by atomic mass is 32.2. The van der Waals surface area contributed by atoms with Gasteiger partial charge in [0.2, 0.25) is 0 Å². The fourth-order valence-electron chi connectivity index (χ4n) is 2.92. The Morgan fingerprint density at radius 2 is 2.15 bits per heavy atom. The fourth-order valence-corrected chi connectivity index (χ4v) is 3.91. The molecule has 2 fully saturated rings. The van der Waals surface area contributed by atoms with E-state index in [4.69, 9.17) is 17.0 Å². The molecule has 0 spiro atoms. The SMILES string of the molecule is CN(C)C(=S)NCC1CN(c2ccc(N3CCSCC3)c(F)c2)C(=O)O1. The molecule has 2 saturated heterocycles. The summed E-state index contributed by atoms with van der Waals surface area (Å²) in [6, 6.07) is 4.95. The van der Waals surface area contributed by atoms with E-state index in [9.17, 15) is 9.18 Å². The highest BCUT2D eigenvalue weighted by Crippen LogP contribution is 2.29. The second-order valence-corrected chi connectivity index (χ2v) is 8.04. The number of amides is 1. The monoisotopic (exact) mass is 398 g/mol. The summed E-state index contributed by atoms with van der Waals surface area (Å²) in [4.78, 5) is 17.4. The Labute approximate surface area is 162 Å². The largest absolute Gasteiger partial charge is 0.442 e. The number of benzene rings is 1.